The molecule has 5 heteroatoms. The van der Waals surface area contributed by atoms with E-state index in [1.165, 1.54) is 0 Å². The lowest BCUT2D eigenvalue weighted by atomic mass is 10.3. The average molecular weight is 155 g/mol. The molecule has 0 atom stereocenters. The van der Waals surface area contributed by atoms with Gasteiger partial charge in [-0.25, -0.2) is 0 Å². The van der Waals surface area contributed by atoms with Gasteiger partial charge in [-0.05, 0) is 0 Å². The van der Waals surface area contributed by atoms with Gasteiger partial charge >= 0.3 is 0 Å². The van der Waals surface area contributed by atoms with Gasteiger partial charge in [-0.15, -0.1) is 0 Å². The standard InChI is InChI=1S/C6H9N3O2/c7-2-1-3-9-6(11)4-5(8)10/h1,3-4H2,(H2,8,10)(H,9,11). The Morgan fingerprint density at radius 2 is 2.18 bits per heavy atom. The second kappa shape index (κ2) is 5.23. The monoisotopic (exact) mass is 155 g/mol. The van der Waals surface area contributed by atoms with Gasteiger partial charge in [0.05, 0.1) is 12.5 Å². The van der Waals surface area contributed by atoms with Crippen LogP contribution in [-0.2, 0) is 9.59 Å². The summed E-state index contributed by atoms with van der Waals surface area (Å²) < 4.78 is 0. The maximum absolute atomic E-state index is 10.6. The number of rotatable bonds is 4. The second-order valence-electron chi connectivity index (χ2n) is 1.90. The molecule has 0 saturated carbocycles. The highest BCUT2D eigenvalue weighted by molar-refractivity contribution is 5.95. The molecule has 0 bridgehead atoms. The zero-order valence-electron chi connectivity index (χ0n) is 5.96. The summed E-state index contributed by atoms with van der Waals surface area (Å²) in [6.07, 6.45) is -0.0735. The van der Waals surface area contributed by atoms with Crippen molar-refractivity contribution < 1.29 is 9.59 Å². The van der Waals surface area contributed by atoms with Crippen molar-refractivity contribution in [2.75, 3.05) is 6.54 Å². The first-order valence-electron chi connectivity index (χ1n) is 3.08. The number of carbonyl (C=O) groups is 2. The molecule has 0 aromatic rings. The molecule has 0 aliphatic rings. The Morgan fingerprint density at radius 3 is 2.64 bits per heavy atom. The topological polar surface area (TPSA) is 96.0 Å². The Bertz CT molecular complexity index is 194. The van der Waals surface area contributed by atoms with Gasteiger partial charge in [-0.1, -0.05) is 0 Å². The van der Waals surface area contributed by atoms with Gasteiger partial charge in [0.25, 0.3) is 0 Å². The third-order valence-electron chi connectivity index (χ3n) is 0.894. The van der Waals surface area contributed by atoms with Crippen LogP contribution < -0.4 is 11.1 Å². The maximum Gasteiger partial charge on any atom is 0.229 e. The number of nitrogens with zero attached hydrogens (tertiary/aromatic N) is 1. The summed E-state index contributed by atoms with van der Waals surface area (Å²) in [5, 5.41) is 10.4. The van der Waals surface area contributed by atoms with Crippen LogP contribution in [0.2, 0.25) is 0 Å². The highest BCUT2D eigenvalue weighted by Gasteiger charge is 2.03. The summed E-state index contributed by atoms with van der Waals surface area (Å²) in [4.78, 5) is 20.7. The molecule has 0 rings (SSSR count). The first-order chi connectivity index (χ1) is 5.16. The first-order valence-corrected chi connectivity index (χ1v) is 3.08. The number of carbonyl (C=O) groups excluding carboxylic acids is 2. The largest absolute Gasteiger partial charge is 0.369 e. The third kappa shape index (κ3) is 6.31. The molecule has 0 radical (unpaired) electrons. The summed E-state index contributed by atoms with van der Waals surface area (Å²) in [5.41, 5.74) is 4.73. The smallest absolute Gasteiger partial charge is 0.229 e. The Hall–Kier alpha value is -1.57. The van der Waals surface area contributed by atoms with Gasteiger partial charge in [0.1, 0.15) is 6.42 Å². The fraction of sp³-hybridized carbons (Fsp3) is 0.500. The molecule has 0 heterocycles. The number of amides is 2. The van der Waals surface area contributed by atoms with Crippen molar-refractivity contribution in [3.63, 3.8) is 0 Å². The quantitative estimate of drug-likeness (QED) is 0.398. The fourth-order valence-corrected chi connectivity index (χ4v) is 0.479. The average Bonchev–Trinajstić information content (AvgIpc) is 1.86. The SMILES string of the molecule is N#CCCNC(=O)CC(N)=O. The minimum Gasteiger partial charge on any atom is -0.369 e. The first kappa shape index (κ1) is 9.43. The van der Waals surface area contributed by atoms with Crippen LogP contribution in [0.25, 0.3) is 0 Å². The number of nitriles is 1. The van der Waals surface area contributed by atoms with Gasteiger partial charge in [0.2, 0.25) is 11.8 Å². The maximum atomic E-state index is 10.6. The molecule has 3 N–H and O–H groups in total. The summed E-state index contributed by atoms with van der Waals surface area (Å²) in [5.74, 6) is -1.10. The molecule has 0 fully saturated rings. The summed E-state index contributed by atoms with van der Waals surface area (Å²) in [7, 11) is 0. The highest BCUT2D eigenvalue weighted by Crippen LogP contribution is 1.77. The highest BCUT2D eigenvalue weighted by atomic mass is 16.2. The van der Waals surface area contributed by atoms with Crippen LogP contribution in [0.4, 0.5) is 0 Å². The molecular weight excluding hydrogens is 146 g/mol. The van der Waals surface area contributed by atoms with Gasteiger partial charge in [-0.2, -0.15) is 5.26 Å². The molecular formula is C6H9N3O2. The van der Waals surface area contributed by atoms with Crippen LogP contribution in [-0.4, -0.2) is 18.4 Å². The van der Waals surface area contributed by atoms with Crippen LogP contribution in [0.15, 0.2) is 0 Å². The molecule has 0 spiro atoms. The molecule has 0 aliphatic carbocycles. The fourth-order valence-electron chi connectivity index (χ4n) is 0.479. The van der Waals surface area contributed by atoms with Crippen LogP contribution in [0.1, 0.15) is 12.8 Å². The molecule has 60 valence electrons. The lowest BCUT2D eigenvalue weighted by molar-refractivity contribution is -0.127. The number of nitrogens with one attached hydrogen (secondary N) is 1. The van der Waals surface area contributed by atoms with E-state index in [-0.39, 0.29) is 19.4 Å². The van der Waals surface area contributed by atoms with Crippen molar-refractivity contribution in [2.45, 2.75) is 12.8 Å². The Labute approximate surface area is 64.2 Å². The van der Waals surface area contributed by atoms with Crippen LogP contribution in [0.3, 0.4) is 0 Å². The second-order valence-corrected chi connectivity index (χ2v) is 1.90. The van der Waals surface area contributed by atoms with E-state index in [2.05, 4.69) is 5.32 Å². The van der Waals surface area contributed by atoms with Crippen molar-refractivity contribution >= 4 is 11.8 Å². The van der Waals surface area contributed by atoms with Crippen LogP contribution in [0, 0.1) is 11.3 Å². The van der Waals surface area contributed by atoms with E-state index in [1.54, 1.807) is 0 Å². The molecule has 11 heavy (non-hydrogen) atoms. The van der Waals surface area contributed by atoms with Crippen molar-refractivity contribution in [3.05, 3.63) is 0 Å². The van der Waals surface area contributed by atoms with E-state index in [0.717, 1.165) is 0 Å². The van der Waals surface area contributed by atoms with E-state index in [0.29, 0.717) is 0 Å². The third-order valence-corrected chi connectivity index (χ3v) is 0.894. The normalized spacial score (nSPS) is 8.27. The summed E-state index contributed by atoms with van der Waals surface area (Å²) in [6, 6.07) is 1.85. The van der Waals surface area contributed by atoms with Gasteiger partial charge in [0.15, 0.2) is 0 Å². The number of hydrogen-bond donors (Lipinski definition) is 2. The minimum absolute atomic E-state index is 0.241. The van der Waals surface area contributed by atoms with Crippen molar-refractivity contribution in [2.24, 2.45) is 5.73 Å². The number of hydrogen-bond acceptors (Lipinski definition) is 3. The lowest BCUT2D eigenvalue weighted by Crippen LogP contribution is -2.28. The number of primary amides is 1. The molecule has 0 aromatic heterocycles. The molecule has 0 aromatic carbocycles. The van der Waals surface area contributed by atoms with Crippen molar-refractivity contribution in [3.8, 4) is 6.07 Å². The van der Waals surface area contributed by atoms with Crippen molar-refractivity contribution in [1.82, 2.24) is 5.32 Å². The van der Waals surface area contributed by atoms with E-state index in [9.17, 15) is 9.59 Å². The molecule has 0 saturated heterocycles. The Balaban J connectivity index is 3.39. The zero-order valence-corrected chi connectivity index (χ0v) is 5.96. The van der Waals surface area contributed by atoms with E-state index in [1.807, 2.05) is 6.07 Å². The molecule has 5 nitrogen and oxygen atoms in total. The van der Waals surface area contributed by atoms with Gasteiger partial charge in [0, 0.05) is 6.54 Å². The lowest BCUT2D eigenvalue weighted by Gasteiger charge is -1.98. The van der Waals surface area contributed by atoms with E-state index >= 15 is 0 Å². The van der Waals surface area contributed by atoms with Gasteiger partial charge in [-0.3, -0.25) is 9.59 Å². The van der Waals surface area contributed by atoms with Crippen molar-refractivity contribution in [1.29, 1.82) is 5.26 Å². The number of nitrogens with two attached hydrogens (primary N) is 1. The Morgan fingerprint density at radius 1 is 1.55 bits per heavy atom. The summed E-state index contributed by atoms with van der Waals surface area (Å²) >= 11 is 0. The predicted molar refractivity (Wildman–Crippen MR) is 37.1 cm³/mol. The molecule has 2 amide bonds. The van der Waals surface area contributed by atoms with E-state index < -0.39 is 11.8 Å². The van der Waals surface area contributed by atoms with Gasteiger partial charge < -0.3 is 11.1 Å². The summed E-state index contributed by atoms with van der Waals surface area (Å²) in [6.45, 7) is 0.266. The zero-order chi connectivity index (χ0) is 8.69. The van der Waals surface area contributed by atoms with E-state index in [4.69, 9.17) is 11.0 Å². The Kier molecular flexibility index (Phi) is 4.49. The van der Waals surface area contributed by atoms with Crippen LogP contribution in [0.5, 0.6) is 0 Å². The molecule has 0 aliphatic heterocycles. The van der Waals surface area contributed by atoms with Crippen LogP contribution >= 0.6 is 0 Å². The molecule has 0 unspecified atom stereocenters. The predicted octanol–water partition coefficient (Wildman–Crippen LogP) is -1.11. The minimum atomic E-state index is -0.667.